The molecular formula is C10H6Cl2N2O. The van der Waals surface area contributed by atoms with Crippen molar-refractivity contribution in [3.63, 3.8) is 0 Å². The molecule has 0 saturated carbocycles. The molecule has 1 heterocycles. The fourth-order valence-corrected chi connectivity index (χ4v) is 1.89. The summed E-state index contributed by atoms with van der Waals surface area (Å²) in [7, 11) is 0. The fourth-order valence-electron chi connectivity index (χ4n) is 1.41. The largest absolute Gasteiger partial charge is 0.366 e. The van der Waals surface area contributed by atoms with Gasteiger partial charge < -0.3 is 5.73 Å². The smallest absolute Gasteiger partial charge is 0.250 e. The summed E-state index contributed by atoms with van der Waals surface area (Å²) in [5.74, 6) is -0.572. The highest BCUT2D eigenvalue weighted by Gasteiger charge is 2.12. The lowest BCUT2D eigenvalue weighted by Gasteiger charge is -2.05. The summed E-state index contributed by atoms with van der Waals surface area (Å²) in [6, 6.07) is 5.15. The molecular weight excluding hydrogens is 235 g/mol. The van der Waals surface area contributed by atoms with Crippen molar-refractivity contribution >= 4 is 39.9 Å². The Morgan fingerprint density at radius 1 is 1.33 bits per heavy atom. The Hall–Kier alpha value is -1.32. The van der Waals surface area contributed by atoms with Gasteiger partial charge in [0.15, 0.2) is 0 Å². The lowest BCUT2D eigenvalue weighted by molar-refractivity contribution is 0.100. The Bertz CT molecular complexity index is 554. The summed E-state index contributed by atoms with van der Waals surface area (Å²) in [6.07, 6.45) is 1.33. The summed E-state index contributed by atoms with van der Waals surface area (Å²) < 4.78 is 0. The van der Waals surface area contributed by atoms with Crippen LogP contribution in [0.15, 0.2) is 24.4 Å². The van der Waals surface area contributed by atoms with E-state index in [1.807, 2.05) is 0 Å². The lowest BCUT2D eigenvalue weighted by Crippen LogP contribution is -2.12. The van der Waals surface area contributed by atoms with Crippen LogP contribution in [0.1, 0.15) is 10.4 Å². The molecule has 0 aliphatic rings. The van der Waals surface area contributed by atoms with Gasteiger partial charge in [-0.1, -0.05) is 35.3 Å². The van der Waals surface area contributed by atoms with E-state index >= 15 is 0 Å². The van der Waals surface area contributed by atoms with Gasteiger partial charge in [0.05, 0.1) is 5.56 Å². The van der Waals surface area contributed by atoms with Crippen molar-refractivity contribution in [3.05, 3.63) is 40.1 Å². The monoisotopic (exact) mass is 240 g/mol. The maximum Gasteiger partial charge on any atom is 0.250 e. The van der Waals surface area contributed by atoms with Crippen molar-refractivity contribution in [2.75, 3.05) is 0 Å². The topological polar surface area (TPSA) is 56.0 Å². The Morgan fingerprint density at radius 3 is 2.73 bits per heavy atom. The van der Waals surface area contributed by atoms with Crippen molar-refractivity contribution in [2.45, 2.75) is 0 Å². The third-order valence-corrected chi connectivity index (χ3v) is 2.69. The molecule has 1 amide bonds. The summed E-state index contributed by atoms with van der Waals surface area (Å²) in [4.78, 5) is 15.0. The second-order valence-corrected chi connectivity index (χ2v) is 3.75. The molecule has 0 unspecified atom stereocenters. The normalized spacial score (nSPS) is 10.5. The van der Waals surface area contributed by atoms with Crippen LogP contribution in [0.25, 0.3) is 10.8 Å². The second-order valence-electron chi connectivity index (χ2n) is 2.99. The van der Waals surface area contributed by atoms with Crippen LogP contribution in [0.3, 0.4) is 0 Å². The van der Waals surface area contributed by atoms with Gasteiger partial charge in [-0.2, -0.15) is 0 Å². The highest BCUT2D eigenvalue weighted by Crippen LogP contribution is 2.30. The molecule has 0 radical (unpaired) electrons. The van der Waals surface area contributed by atoms with Crippen LogP contribution in [0.2, 0.25) is 10.2 Å². The zero-order valence-corrected chi connectivity index (χ0v) is 9.01. The van der Waals surface area contributed by atoms with E-state index in [0.29, 0.717) is 20.9 Å². The molecule has 0 aliphatic heterocycles. The van der Waals surface area contributed by atoms with Gasteiger partial charge >= 0.3 is 0 Å². The van der Waals surface area contributed by atoms with Crippen molar-refractivity contribution < 1.29 is 4.79 Å². The van der Waals surface area contributed by atoms with E-state index in [-0.39, 0.29) is 5.56 Å². The maximum atomic E-state index is 11.2. The van der Waals surface area contributed by atoms with Crippen LogP contribution in [0.4, 0.5) is 0 Å². The molecule has 2 rings (SSSR count). The van der Waals surface area contributed by atoms with Gasteiger partial charge in [0.1, 0.15) is 5.15 Å². The van der Waals surface area contributed by atoms with Crippen LogP contribution in [-0.4, -0.2) is 10.9 Å². The average Bonchev–Trinajstić information content (AvgIpc) is 2.19. The number of carbonyl (C=O) groups excluding carboxylic acids is 1. The molecule has 2 aromatic rings. The van der Waals surface area contributed by atoms with Crippen LogP contribution in [0, 0.1) is 0 Å². The first-order chi connectivity index (χ1) is 7.11. The van der Waals surface area contributed by atoms with Gasteiger partial charge in [-0.15, -0.1) is 0 Å². The first-order valence-corrected chi connectivity index (χ1v) is 4.89. The van der Waals surface area contributed by atoms with Crippen molar-refractivity contribution in [3.8, 4) is 0 Å². The van der Waals surface area contributed by atoms with E-state index in [1.165, 1.54) is 6.20 Å². The molecule has 1 aromatic heterocycles. The van der Waals surface area contributed by atoms with Gasteiger partial charge in [-0.05, 0) is 6.07 Å². The zero-order valence-electron chi connectivity index (χ0n) is 7.50. The quantitative estimate of drug-likeness (QED) is 0.780. The van der Waals surface area contributed by atoms with Gasteiger partial charge in [0.2, 0.25) is 0 Å². The molecule has 1 aromatic carbocycles. The van der Waals surface area contributed by atoms with E-state index in [0.717, 1.165) is 0 Å². The van der Waals surface area contributed by atoms with Crippen LogP contribution >= 0.6 is 23.2 Å². The number of primary amides is 1. The van der Waals surface area contributed by atoms with Crippen LogP contribution in [0.5, 0.6) is 0 Å². The molecule has 0 atom stereocenters. The number of amides is 1. The molecule has 0 aliphatic carbocycles. The molecule has 0 bridgehead atoms. The SMILES string of the molecule is NC(=O)c1cnc(Cl)c2cccc(Cl)c12. The van der Waals surface area contributed by atoms with Gasteiger partial charge in [0.25, 0.3) is 5.91 Å². The summed E-state index contributed by atoms with van der Waals surface area (Å²) >= 11 is 11.9. The first kappa shape index (κ1) is 10.2. The molecule has 2 N–H and O–H groups in total. The highest BCUT2D eigenvalue weighted by molar-refractivity contribution is 6.40. The minimum absolute atomic E-state index is 0.278. The Balaban J connectivity index is 2.96. The number of fused-ring (bicyclic) bond motifs is 1. The number of nitrogens with two attached hydrogens (primary N) is 1. The van der Waals surface area contributed by atoms with E-state index in [4.69, 9.17) is 28.9 Å². The van der Waals surface area contributed by atoms with Crippen molar-refractivity contribution in [2.24, 2.45) is 5.73 Å². The molecule has 0 spiro atoms. The van der Waals surface area contributed by atoms with E-state index in [9.17, 15) is 4.79 Å². The van der Waals surface area contributed by atoms with E-state index in [2.05, 4.69) is 4.98 Å². The highest BCUT2D eigenvalue weighted by atomic mass is 35.5. The predicted molar refractivity (Wildman–Crippen MR) is 60.3 cm³/mol. The van der Waals surface area contributed by atoms with E-state index in [1.54, 1.807) is 18.2 Å². The minimum atomic E-state index is -0.572. The number of halogens is 2. The standard InChI is InChI=1S/C10H6Cl2N2O/c11-7-3-1-2-5-8(7)6(10(13)15)4-14-9(5)12/h1-4H,(H2,13,15). The Kier molecular flexibility index (Phi) is 2.50. The van der Waals surface area contributed by atoms with Crippen LogP contribution < -0.4 is 5.73 Å². The molecule has 0 saturated heterocycles. The summed E-state index contributed by atoms with van der Waals surface area (Å²) in [5.41, 5.74) is 5.50. The number of hydrogen-bond donors (Lipinski definition) is 1. The molecule has 76 valence electrons. The molecule has 0 fully saturated rings. The fraction of sp³-hybridized carbons (Fsp3) is 0. The van der Waals surface area contributed by atoms with E-state index < -0.39 is 5.91 Å². The number of carbonyl (C=O) groups is 1. The van der Waals surface area contributed by atoms with Gasteiger partial charge in [-0.25, -0.2) is 4.98 Å². The number of pyridine rings is 1. The maximum absolute atomic E-state index is 11.2. The van der Waals surface area contributed by atoms with Gasteiger partial charge in [-0.3, -0.25) is 4.79 Å². The third kappa shape index (κ3) is 1.64. The molecule has 3 nitrogen and oxygen atoms in total. The average molecular weight is 241 g/mol. The van der Waals surface area contributed by atoms with Gasteiger partial charge in [0, 0.05) is 22.0 Å². The number of hydrogen-bond acceptors (Lipinski definition) is 2. The van der Waals surface area contributed by atoms with Crippen LogP contribution in [-0.2, 0) is 0 Å². The minimum Gasteiger partial charge on any atom is -0.366 e. The second kappa shape index (κ2) is 3.68. The summed E-state index contributed by atoms with van der Waals surface area (Å²) in [6.45, 7) is 0. The Morgan fingerprint density at radius 2 is 2.07 bits per heavy atom. The Labute approximate surface area is 95.8 Å². The lowest BCUT2D eigenvalue weighted by atomic mass is 10.1. The number of benzene rings is 1. The van der Waals surface area contributed by atoms with Crippen molar-refractivity contribution in [1.82, 2.24) is 4.98 Å². The number of rotatable bonds is 1. The summed E-state index contributed by atoms with van der Waals surface area (Å²) in [5, 5.41) is 1.91. The number of aromatic nitrogens is 1. The molecule has 5 heteroatoms. The first-order valence-electron chi connectivity index (χ1n) is 4.14. The number of nitrogens with zero attached hydrogens (tertiary/aromatic N) is 1. The van der Waals surface area contributed by atoms with Crippen molar-refractivity contribution in [1.29, 1.82) is 0 Å². The third-order valence-electron chi connectivity index (χ3n) is 2.08. The predicted octanol–water partition coefficient (Wildman–Crippen LogP) is 2.64. The molecule has 15 heavy (non-hydrogen) atoms. The zero-order chi connectivity index (χ0) is 11.0.